The molecule has 2 N–H and O–H groups in total. The van der Waals surface area contributed by atoms with Gasteiger partial charge in [0.2, 0.25) is 6.79 Å². The van der Waals surface area contributed by atoms with E-state index in [0.717, 1.165) is 27.9 Å². The van der Waals surface area contributed by atoms with Crippen LogP contribution in [-0.2, 0) is 0 Å². The summed E-state index contributed by atoms with van der Waals surface area (Å²) >= 11 is 0. The summed E-state index contributed by atoms with van der Waals surface area (Å²) in [6.07, 6.45) is 0. The van der Waals surface area contributed by atoms with Gasteiger partial charge in [-0.1, -0.05) is 35.9 Å². The summed E-state index contributed by atoms with van der Waals surface area (Å²) in [7, 11) is 0. The predicted molar refractivity (Wildman–Crippen MR) is 99.8 cm³/mol. The molecule has 128 valence electrons. The van der Waals surface area contributed by atoms with Gasteiger partial charge in [-0.2, -0.15) is 5.26 Å². The third-order valence-corrected chi connectivity index (χ3v) is 4.57. The monoisotopic (exact) mass is 343 g/mol. The fraction of sp³-hybridized carbons (Fsp3) is 0.143. The van der Waals surface area contributed by atoms with Crippen molar-refractivity contribution >= 4 is 5.82 Å². The highest BCUT2D eigenvalue weighted by Gasteiger charge is 2.21. The van der Waals surface area contributed by atoms with Crippen LogP contribution < -0.4 is 15.2 Å². The van der Waals surface area contributed by atoms with E-state index >= 15 is 0 Å². The molecule has 0 unspecified atom stereocenters. The van der Waals surface area contributed by atoms with Crippen LogP contribution in [-0.4, -0.2) is 11.8 Å². The van der Waals surface area contributed by atoms with Crippen molar-refractivity contribution in [1.29, 1.82) is 5.26 Å². The fourth-order valence-electron chi connectivity index (χ4n) is 3.21. The van der Waals surface area contributed by atoms with Gasteiger partial charge in [0, 0.05) is 11.1 Å². The summed E-state index contributed by atoms with van der Waals surface area (Å²) in [4.78, 5) is 4.50. The Morgan fingerprint density at radius 1 is 1.00 bits per heavy atom. The van der Waals surface area contributed by atoms with Crippen molar-refractivity contribution in [2.75, 3.05) is 12.5 Å². The summed E-state index contributed by atoms with van der Waals surface area (Å²) in [5.74, 6) is 1.59. The number of rotatable bonds is 2. The van der Waals surface area contributed by atoms with Crippen LogP contribution in [0.1, 0.15) is 16.7 Å². The number of hydrogen-bond acceptors (Lipinski definition) is 5. The van der Waals surface area contributed by atoms with E-state index in [1.807, 2.05) is 56.3 Å². The van der Waals surface area contributed by atoms with Crippen LogP contribution in [0.25, 0.3) is 22.4 Å². The summed E-state index contributed by atoms with van der Waals surface area (Å²) in [5.41, 5.74) is 11.9. The van der Waals surface area contributed by atoms with E-state index in [0.29, 0.717) is 17.1 Å². The molecule has 1 aliphatic rings. The number of aryl methyl sites for hydroxylation is 1. The minimum absolute atomic E-state index is 0.204. The number of benzene rings is 2. The Hall–Kier alpha value is -3.52. The molecule has 26 heavy (non-hydrogen) atoms. The fourth-order valence-corrected chi connectivity index (χ4v) is 3.21. The first-order chi connectivity index (χ1) is 12.6. The Morgan fingerprint density at radius 2 is 1.69 bits per heavy atom. The molecule has 0 saturated carbocycles. The first-order valence-corrected chi connectivity index (χ1v) is 8.25. The quantitative estimate of drug-likeness (QED) is 0.753. The summed E-state index contributed by atoms with van der Waals surface area (Å²) in [6.45, 7) is 4.20. The van der Waals surface area contributed by atoms with Crippen molar-refractivity contribution in [3.63, 3.8) is 0 Å². The molecule has 0 spiro atoms. The summed E-state index contributed by atoms with van der Waals surface area (Å²) in [6, 6.07) is 15.9. The molecule has 1 aliphatic heterocycles. The minimum atomic E-state index is 0.204. The topological polar surface area (TPSA) is 81.2 Å². The predicted octanol–water partition coefficient (Wildman–Crippen LogP) is 4.22. The van der Waals surface area contributed by atoms with Crippen LogP contribution in [0.15, 0.2) is 42.5 Å². The highest BCUT2D eigenvalue weighted by atomic mass is 16.7. The minimum Gasteiger partial charge on any atom is -0.454 e. The molecule has 0 radical (unpaired) electrons. The number of anilines is 1. The summed E-state index contributed by atoms with van der Waals surface area (Å²) < 4.78 is 10.9. The number of ether oxygens (including phenoxy) is 2. The molecule has 4 rings (SSSR count). The van der Waals surface area contributed by atoms with E-state index in [-0.39, 0.29) is 12.6 Å². The van der Waals surface area contributed by atoms with Gasteiger partial charge in [0.15, 0.2) is 11.5 Å². The van der Waals surface area contributed by atoms with Gasteiger partial charge < -0.3 is 15.2 Å². The maximum absolute atomic E-state index is 9.65. The smallest absolute Gasteiger partial charge is 0.231 e. The van der Waals surface area contributed by atoms with Gasteiger partial charge in [-0.15, -0.1) is 0 Å². The lowest BCUT2D eigenvalue weighted by Gasteiger charge is -2.15. The lowest BCUT2D eigenvalue weighted by molar-refractivity contribution is 0.174. The number of nitrogens with zero attached hydrogens (tertiary/aromatic N) is 2. The third kappa shape index (κ3) is 2.52. The van der Waals surface area contributed by atoms with Crippen molar-refractivity contribution in [2.45, 2.75) is 13.8 Å². The van der Waals surface area contributed by atoms with Crippen molar-refractivity contribution in [3.8, 4) is 40.0 Å². The molecule has 0 atom stereocenters. The maximum Gasteiger partial charge on any atom is 0.231 e. The Bertz CT molecular complexity index is 1050. The van der Waals surface area contributed by atoms with Crippen LogP contribution in [0.5, 0.6) is 11.5 Å². The number of hydrogen-bond donors (Lipinski definition) is 1. The van der Waals surface area contributed by atoms with Crippen LogP contribution in [0.4, 0.5) is 5.82 Å². The highest BCUT2D eigenvalue weighted by molar-refractivity contribution is 5.85. The van der Waals surface area contributed by atoms with Gasteiger partial charge >= 0.3 is 0 Å². The van der Waals surface area contributed by atoms with Crippen LogP contribution in [0.3, 0.4) is 0 Å². The number of nitriles is 1. The number of nitrogens with two attached hydrogens (primary N) is 1. The number of pyridine rings is 1. The highest BCUT2D eigenvalue weighted by Crippen LogP contribution is 2.40. The molecule has 2 aromatic carbocycles. The Morgan fingerprint density at radius 3 is 2.42 bits per heavy atom. The van der Waals surface area contributed by atoms with Crippen molar-refractivity contribution in [2.24, 2.45) is 0 Å². The van der Waals surface area contributed by atoms with Crippen LogP contribution in [0.2, 0.25) is 0 Å². The van der Waals surface area contributed by atoms with E-state index in [2.05, 4.69) is 11.1 Å². The van der Waals surface area contributed by atoms with Crippen LogP contribution in [0, 0.1) is 25.2 Å². The molecule has 0 saturated heterocycles. The number of fused-ring (bicyclic) bond motifs is 1. The van der Waals surface area contributed by atoms with Gasteiger partial charge in [-0.3, -0.25) is 0 Å². The van der Waals surface area contributed by atoms with E-state index in [1.165, 1.54) is 5.56 Å². The molecular formula is C21H17N3O2. The molecule has 5 nitrogen and oxygen atoms in total. The molecule has 0 fully saturated rings. The Balaban J connectivity index is 1.96. The van der Waals surface area contributed by atoms with Gasteiger partial charge in [-0.25, -0.2) is 4.98 Å². The maximum atomic E-state index is 9.65. The van der Waals surface area contributed by atoms with E-state index in [9.17, 15) is 5.26 Å². The van der Waals surface area contributed by atoms with Gasteiger partial charge in [0.25, 0.3) is 0 Å². The zero-order valence-electron chi connectivity index (χ0n) is 14.5. The molecule has 2 heterocycles. The molecular weight excluding hydrogens is 326 g/mol. The van der Waals surface area contributed by atoms with E-state index < -0.39 is 0 Å². The van der Waals surface area contributed by atoms with Gasteiger partial charge in [0.1, 0.15) is 17.5 Å². The second-order valence-corrected chi connectivity index (χ2v) is 6.27. The SMILES string of the molecule is Cc1ccc(-c2nc(N)c(C#N)c(-c3ccc4c(c3)OCO4)c2C)cc1. The largest absolute Gasteiger partial charge is 0.454 e. The zero-order chi connectivity index (χ0) is 18.3. The number of nitrogen functional groups attached to an aromatic ring is 1. The molecule has 5 heteroatoms. The Labute approximate surface area is 151 Å². The lowest BCUT2D eigenvalue weighted by Crippen LogP contribution is -2.03. The first kappa shape index (κ1) is 16.0. The molecule has 3 aromatic rings. The van der Waals surface area contributed by atoms with Crippen LogP contribution >= 0.6 is 0 Å². The van der Waals surface area contributed by atoms with Gasteiger partial charge in [0.05, 0.1) is 5.69 Å². The second kappa shape index (κ2) is 6.08. The lowest BCUT2D eigenvalue weighted by atomic mass is 9.92. The average Bonchev–Trinajstić information content (AvgIpc) is 3.11. The zero-order valence-corrected chi connectivity index (χ0v) is 14.5. The van der Waals surface area contributed by atoms with Crippen molar-refractivity contribution < 1.29 is 9.47 Å². The molecule has 0 amide bonds. The molecule has 0 bridgehead atoms. The van der Waals surface area contributed by atoms with E-state index in [1.54, 1.807) is 0 Å². The normalized spacial score (nSPS) is 12.0. The van der Waals surface area contributed by atoms with E-state index in [4.69, 9.17) is 15.2 Å². The van der Waals surface area contributed by atoms with Crippen molar-refractivity contribution in [3.05, 3.63) is 59.2 Å². The van der Waals surface area contributed by atoms with Crippen molar-refractivity contribution in [1.82, 2.24) is 4.98 Å². The molecule has 0 aliphatic carbocycles. The average molecular weight is 343 g/mol. The molecule has 1 aromatic heterocycles. The summed E-state index contributed by atoms with van der Waals surface area (Å²) in [5, 5.41) is 9.65. The standard InChI is InChI=1S/C21H17N3O2/c1-12-3-5-14(6-4-12)20-13(2)19(16(10-22)21(23)24-20)15-7-8-17-18(9-15)26-11-25-17/h3-9H,11H2,1-2H3,(H2,23,24). The van der Waals surface area contributed by atoms with Gasteiger partial charge in [-0.05, 0) is 37.1 Å². The Kier molecular flexibility index (Phi) is 3.74. The second-order valence-electron chi connectivity index (χ2n) is 6.27. The third-order valence-electron chi connectivity index (χ3n) is 4.57. The number of aromatic nitrogens is 1. The first-order valence-electron chi connectivity index (χ1n) is 8.25.